The van der Waals surface area contributed by atoms with Gasteiger partial charge in [0.15, 0.2) is 0 Å². The molecule has 0 saturated carbocycles. The van der Waals surface area contributed by atoms with Gasteiger partial charge in [-0.05, 0) is 98.1 Å². The van der Waals surface area contributed by atoms with Gasteiger partial charge in [0.2, 0.25) is 0 Å². The standard InChI is InChI=1S/C31H30N6O3/c1-20-16-28(32-18-20)31(40)34-23-4-9-26(10-5-23)37-29-11-6-24(17-22(29)19-33-37)35-30(39)21-2-7-25(8-3-21)36-14-12-27(38)13-15-36/h2-11,16-19,27,32,38H,12-15H2,1H3,(H,34,40)(H,35,39). The number of nitrogens with zero attached hydrogens (tertiary/aromatic N) is 3. The Hall–Kier alpha value is -4.89. The summed E-state index contributed by atoms with van der Waals surface area (Å²) in [7, 11) is 0. The topological polar surface area (TPSA) is 115 Å². The highest BCUT2D eigenvalue weighted by atomic mass is 16.3. The van der Waals surface area contributed by atoms with E-state index >= 15 is 0 Å². The number of carbonyl (C=O) groups is 2. The van der Waals surface area contributed by atoms with E-state index in [9.17, 15) is 14.7 Å². The molecule has 0 radical (unpaired) electrons. The first kappa shape index (κ1) is 25.4. The van der Waals surface area contributed by atoms with Gasteiger partial charge >= 0.3 is 0 Å². The quantitative estimate of drug-likeness (QED) is 0.241. The van der Waals surface area contributed by atoms with E-state index in [1.54, 1.807) is 18.5 Å². The number of piperidine rings is 1. The summed E-state index contributed by atoms with van der Waals surface area (Å²) in [5.41, 5.74) is 6.26. The zero-order valence-corrected chi connectivity index (χ0v) is 22.1. The molecule has 202 valence electrons. The molecule has 40 heavy (non-hydrogen) atoms. The fourth-order valence-corrected chi connectivity index (χ4v) is 4.99. The van der Waals surface area contributed by atoms with E-state index in [4.69, 9.17) is 0 Å². The Morgan fingerprint density at radius 1 is 0.875 bits per heavy atom. The fraction of sp³-hybridized carbons (Fsp3) is 0.194. The van der Waals surface area contributed by atoms with Crippen LogP contribution in [0.25, 0.3) is 16.6 Å². The van der Waals surface area contributed by atoms with Gasteiger partial charge in [-0.25, -0.2) is 4.68 Å². The first-order valence-corrected chi connectivity index (χ1v) is 13.3. The number of aromatic amines is 1. The van der Waals surface area contributed by atoms with Crippen molar-refractivity contribution < 1.29 is 14.7 Å². The maximum Gasteiger partial charge on any atom is 0.272 e. The van der Waals surface area contributed by atoms with Crippen LogP contribution in [0, 0.1) is 6.92 Å². The van der Waals surface area contributed by atoms with Gasteiger partial charge in [-0.2, -0.15) is 5.10 Å². The number of hydrogen-bond acceptors (Lipinski definition) is 5. The zero-order valence-electron chi connectivity index (χ0n) is 22.1. The van der Waals surface area contributed by atoms with Crippen LogP contribution in [0.4, 0.5) is 17.1 Å². The van der Waals surface area contributed by atoms with E-state index in [1.807, 2.05) is 78.3 Å². The molecule has 1 saturated heterocycles. The van der Waals surface area contributed by atoms with Gasteiger partial charge in [-0.1, -0.05) is 0 Å². The Morgan fingerprint density at radius 2 is 1.55 bits per heavy atom. The number of benzene rings is 3. The molecule has 0 atom stereocenters. The van der Waals surface area contributed by atoms with Crippen molar-refractivity contribution in [1.29, 1.82) is 0 Å². The fourth-order valence-electron chi connectivity index (χ4n) is 4.99. The number of nitrogens with one attached hydrogen (secondary N) is 3. The van der Waals surface area contributed by atoms with Crippen LogP contribution >= 0.6 is 0 Å². The number of H-pyrrole nitrogens is 1. The average molecular weight is 535 g/mol. The van der Waals surface area contributed by atoms with Gasteiger partial charge in [-0.15, -0.1) is 0 Å². The van der Waals surface area contributed by atoms with Crippen molar-refractivity contribution in [3.63, 3.8) is 0 Å². The molecular formula is C31H30N6O3. The molecule has 9 heteroatoms. The van der Waals surface area contributed by atoms with E-state index in [2.05, 4.69) is 25.6 Å². The second-order valence-electron chi connectivity index (χ2n) is 10.1. The van der Waals surface area contributed by atoms with Gasteiger partial charge in [-0.3, -0.25) is 9.59 Å². The Labute approximate surface area is 231 Å². The Balaban J connectivity index is 1.11. The van der Waals surface area contributed by atoms with Crippen molar-refractivity contribution in [2.75, 3.05) is 28.6 Å². The first-order valence-electron chi connectivity index (χ1n) is 13.3. The maximum absolute atomic E-state index is 12.9. The molecule has 6 rings (SSSR count). The summed E-state index contributed by atoms with van der Waals surface area (Å²) in [6.45, 7) is 3.56. The largest absolute Gasteiger partial charge is 0.393 e. The molecule has 0 spiro atoms. The third-order valence-corrected chi connectivity index (χ3v) is 7.23. The summed E-state index contributed by atoms with van der Waals surface area (Å²) < 4.78 is 1.82. The van der Waals surface area contributed by atoms with Crippen molar-refractivity contribution in [2.45, 2.75) is 25.9 Å². The highest BCUT2D eigenvalue weighted by Gasteiger charge is 2.18. The second kappa shape index (κ2) is 10.7. The summed E-state index contributed by atoms with van der Waals surface area (Å²) in [6, 6.07) is 22.5. The van der Waals surface area contributed by atoms with E-state index in [-0.39, 0.29) is 17.9 Å². The monoisotopic (exact) mass is 534 g/mol. The molecule has 0 bridgehead atoms. The van der Waals surface area contributed by atoms with Crippen LogP contribution < -0.4 is 15.5 Å². The average Bonchev–Trinajstić information content (AvgIpc) is 3.60. The SMILES string of the molecule is Cc1c[nH]c(C(=O)Nc2ccc(-n3ncc4cc(NC(=O)c5ccc(N6CCC(O)CC6)cc5)ccc43)cc2)c1. The van der Waals surface area contributed by atoms with Crippen LogP contribution in [-0.4, -0.2) is 50.9 Å². The summed E-state index contributed by atoms with van der Waals surface area (Å²) in [6.07, 6.45) is 4.86. The number of aryl methyl sites for hydroxylation is 1. The van der Waals surface area contributed by atoms with Gasteiger partial charge in [0.05, 0.1) is 23.5 Å². The number of rotatable bonds is 6. The van der Waals surface area contributed by atoms with Crippen molar-refractivity contribution in [3.05, 3.63) is 102 Å². The van der Waals surface area contributed by atoms with Crippen molar-refractivity contribution >= 4 is 39.8 Å². The molecule has 2 aromatic heterocycles. The van der Waals surface area contributed by atoms with E-state index in [1.165, 1.54) is 0 Å². The van der Waals surface area contributed by atoms with Crippen LogP contribution in [-0.2, 0) is 0 Å². The zero-order chi connectivity index (χ0) is 27.6. The summed E-state index contributed by atoms with van der Waals surface area (Å²) in [5.74, 6) is -0.377. The third kappa shape index (κ3) is 5.32. The number of fused-ring (bicyclic) bond motifs is 1. The molecule has 9 nitrogen and oxygen atoms in total. The summed E-state index contributed by atoms with van der Waals surface area (Å²) in [5, 5.41) is 21.0. The minimum atomic E-state index is -0.217. The molecule has 1 fully saturated rings. The van der Waals surface area contributed by atoms with E-state index in [0.717, 1.165) is 53.8 Å². The first-order chi connectivity index (χ1) is 19.4. The summed E-state index contributed by atoms with van der Waals surface area (Å²) >= 11 is 0. The lowest BCUT2D eigenvalue weighted by Gasteiger charge is -2.31. The maximum atomic E-state index is 12.9. The van der Waals surface area contributed by atoms with E-state index < -0.39 is 0 Å². The van der Waals surface area contributed by atoms with Gasteiger partial charge in [0.25, 0.3) is 11.8 Å². The molecule has 3 aromatic carbocycles. The molecule has 2 amide bonds. The Morgan fingerprint density at radius 3 is 2.25 bits per heavy atom. The summed E-state index contributed by atoms with van der Waals surface area (Å²) in [4.78, 5) is 30.5. The van der Waals surface area contributed by atoms with E-state index in [0.29, 0.717) is 22.6 Å². The minimum absolute atomic E-state index is 0.181. The molecule has 3 heterocycles. The van der Waals surface area contributed by atoms with Crippen LogP contribution in [0.1, 0.15) is 39.3 Å². The van der Waals surface area contributed by atoms with Crippen LogP contribution in [0.5, 0.6) is 0 Å². The van der Waals surface area contributed by atoms with Crippen molar-refractivity contribution in [3.8, 4) is 5.69 Å². The van der Waals surface area contributed by atoms with Crippen molar-refractivity contribution in [1.82, 2.24) is 14.8 Å². The predicted molar refractivity (Wildman–Crippen MR) is 156 cm³/mol. The minimum Gasteiger partial charge on any atom is -0.393 e. The number of aliphatic hydroxyl groups is 1. The highest BCUT2D eigenvalue weighted by Crippen LogP contribution is 2.25. The highest BCUT2D eigenvalue weighted by molar-refractivity contribution is 6.05. The number of aromatic nitrogens is 3. The smallest absolute Gasteiger partial charge is 0.272 e. The molecule has 5 aromatic rings. The molecular weight excluding hydrogens is 504 g/mol. The lowest BCUT2D eigenvalue weighted by Crippen LogP contribution is -2.35. The number of aliphatic hydroxyl groups excluding tert-OH is 1. The number of hydrogen-bond donors (Lipinski definition) is 4. The van der Waals surface area contributed by atoms with Crippen molar-refractivity contribution in [2.24, 2.45) is 0 Å². The lowest BCUT2D eigenvalue weighted by molar-refractivity contribution is 0.101. The second-order valence-corrected chi connectivity index (χ2v) is 10.1. The third-order valence-electron chi connectivity index (χ3n) is 7.23. The molecule has 1 aliphatic heterocycles. The number of amides is 2. The molecule has 1 aliphatic rings. The molecule has 0 aliphatic carbocycles. The number of anilines is 3. The lowest BCUT2D eigenvalue weighted by atomic mass is 10.1. The van der Waals surface area contributed by atoms with Crippen LogP contribution in [0.3, 0.4) is 0 Å². The predicted octanol–water partition coefficient (Wildman–Crippen LogP) is 5.13. The molecule has 4 N–H and O–H groups in total. The van der Waals surface area contributed by atoms with Gasteiger partial charge in [0.1, 0.15) is 5.69 Å². The number of carbonyl (C=O) groups excluding carboxylic acids is 2. The van der Waals surface area contributed by atoms with Crippen LogP contribution in [0.15, 0.2) is 85.2 Å². The Bertz CT molecular complexity index is 1660. The normalized spacial score (nSPS) is 13.9. The molecule has 0 unspecified atom stereocenters. The Kier molecular flexibility index (Phi) is 6.79. The van der Waals surface area contributed by atoms with Gasteiger partial charge < -0.3 is 25.6 Å². The van der Waals surface area contributed by atoms with Gasteiger partial charge in [0, 0.05) is 47.3 Å². The van der Waals surface area contributed by atoms with Crippen LogP contribution in [0.2, 0.25) is 0 Å².